The summed E-state index contributed by atoms with van der Waals surface area (Å²) in [5, 5.41) is 10.1. The molecule has 1 aromatic heterocycles. The Hall–Kier alpha value is -7.32. The van der Waals surface area contributed by atoms with E-state index in [0.717, 1.165) is 50.3 Å². The highest BCUT2D eigenvalue weighted by Gasteiger charge is 2.50. The molecule has 11 rings (SSSR count). The van der Waals surface area contributed by atoms with Gasteiger partial charge in [0.2, 0.25) is 0 Å². The number of nitriles is 1. The summed E-state index contributed by atoms with van der Waals surface area (Å²) in [5.74, 6) is 0.701. The third-order valence-electron chi connectivity index (χ3n) is 11.6. The fourth-order valence-corrected chi connectivity index (χ4v) is 10.1. The lowest BCUT2D eigenvalue weighted by molar-refractivity contribution is 0.722. The predicted molar refractivity (Wildman–Crippen MR) is 235 cm³/mol. The zero-order valence-corrected chi connectivity index (χ0v) is 32.1. The molecule has 270 valence electrons. The van der Waals surface area contributed by atoms with E-state index < -0.39 is 5.41 Å². The van der Waals surface area contributed by atoms with Crippen molar-refractivity contribution < 1.29 is 0 Å². The molecule has 3 nitrogen and oxygen atoms in total. The van der Waals surface area contributed by atoms with E-state index in [1.165, 1.54) is 43.2 Å². The van der Waals surface area contributed by atoms with Crippen LogP contribution in [0.2, 0.25) is 0 Å². The van der Waals surface area contributed by atoms with Crippen LogP contribution in [-0.2, 0) is 5.41 Å². The molecule has 1 aliphatic heterocycles. The van der Waals surface area contributed by atoms with Gasteiger partial charge < -0.3 is 0 Å². The largest absolute Gasteiger partial charge is 0.228 e. The molecule has 1 spiro atoms. The minimum absolute atomic E-state index is 0.563. The smallest absolute Gasteiger partial charge is 0.160 e. The van der Waals surface area contributed by atoms with Crippen LogP contribution < -0.4 is 0 Å². The Labute approximate surface area is 342 Å². The van der Waals surface area contributed by atoms with Crippen LogP contribution in [0.3, 0.4) is 0 Å². The number of fused-ring (bicyclic) bond motifs is 9. The molecule has 58 heavy (non-hydrogen) atoms. The van der Waals surface area contributed by atoms with Crippen LogP contribution in [-0.4, -0.2) is 9.97 Å². The van der Waals surface area contributed by atoms with Crippen molar-refractivity contribution in [1.82, 2.24) is 9.97 Å². The number of nitrogens with zero attached hydrogens (tertiary/aromatic N) is 3. The summed E-state index contributed by atoms with van der Waals surface area (Å²) in [5.41, 5.74) is 16.9. The lowest BCUT2D eigenvalue weighted by Gasteiger charge is -2.40. The molecule has 0 saturated heterocycles. The minimum atomic E-state index is -0.563. The van der Waals surface area contributed by atoms with Crippen molar-refractivity contribution in [1.29, 1.82) is 5.26 Å². The van der Waals surface area contributed by atoms with Crippen LogP contribution in [0.25, 0.3) is 67.3 Å². The third-order valence-corrected chi connectivity index (χ3v) is 12.7. The van der Waals surface area contributed by atoms with Crippen molar-refractivity contribution in [2.75, 3.05) is 0 Å². The van der Waals surface area contributed by atoms with Gasteiger partial charge in [-0.05, 0) is 104 Å². The van der Waals surface area contributed by atoms with Gasteiger partial charge in [0.15, 0.2) is 5.82 Å². The molecular weight excluding hydrogens is 723 g/mol. The molecule has 0 atom stereocenters. The van der Waals surface area contributed by atoms with Crippen molar-refractivity contribution in [2.45, 2.75) is 15.2 Å². The fourth-order valence-electron chi connectivity index (χ4n) is 8.96. The molecule has 1 aliphatic carbocycles. The molecule has 0 fully saturated rings. The molecule has 0 radical (unpaired) electrons. The highest BCUT2D eigenvalue weighted by Crippen LogP contribution is 2.62. The van der Waals surface area contributed by atoms with Gasteiger partial charge in [0.1, 0.15) is 0 Å². The van der Waals surface area contributed by atoms with Gasteiger partial charge in [0.05, 0.1) is 28.4 Å². The van der Waals surface area contributed by atoms with Crippen LogP contribution in [0.5, 0.6) is 0 Å². The second-order valence-electron chi connectivity index (χ2n) is 14.8. The average Bonchev–Trinajstić information content (AvgIpc) is 3.60. The number of hydrogen-bond acceptors (Lipinski definition) is 4. The normalized spacial score (nSPS) is 12.9. The highest BCUT2D eigenvalue weighted by molar-refractivity contribution is 7.99. The molecule has 0 bridgehead atoms. The minimum Gasteiger partial charge on any atom is -0.228 e. The van der Waals surface area contributed by atoms with Gasteiger partial charge in [-0.25, -0.2) is 9.97 Å². The fraction of sp³-hybridized carbons (Fsp3) is 0.0185. The Morgan fingerprint density at radius 2 is 0.862 bits per heavy atom. The summed E-state index contributed by atoms with van der Waals surface area (Å²) in [7, 11) is 0. The maximum atomic E-state index is 10.1. The molecule has 4 heteroatoms. The van der Waals surface area contributed by atoms with Crippen LogP contribution in [0.4, 0.5) is 0 Å². The summed E-state index contributed by atoms with van der Waals surface area (Å²) in [6.07, 6.45) is 0. The van der Waals surface area contributed by atoms with Crippen molar-refractivity contribution in [2.24, 2.45) is 0 Å². The van der Waals surface area contributed by atoms with Gasteiger partial charge in [-0.2, -0.15) is 5.26 Å². The number of aromatic nitrogens is 2. The van der Waals surface area contributed by atoms with E-state index in [1.54, 1.807) is 11.8 Å². The zero-order valence-electron chi connectivity index (χ0n) is 31.3. The van der Waals surface area contributed by atoms with E-state index in [4.69, 9.17) is 9.97 Å². The first-order valence-corrected chi connectivity index (χ1v) is 20.3. The highest BCUT2D eigenvalue weighted by atomic mass is 32.2. The van der Waals surface area contributed by atoms with E-state index >= 15 is 0 Å². The van der Waals surface area contributed by atoms with Crippen molar-refractivity contribution in [3.63, 3.8) is 0 Å². The monoisotopic (exact) mass is 755 g/mol. The lowest BCUT2D eigenvalue weighted by Crippen LogP contribution is -2.32. The summed E-state index contributed by atoms with van der Waals surface area (Å²) >= 11 is 1.79. The second-order valence-corrected chi connectivity index (χ2v) is 15.9. The third kappa shape index (κ3) is 5.44. The second kappa shape index (κ2) is 13.7. The SMILES string of the molecule is N#Cc1ccc2c(c1)C1(c3cc(-c4cccc(-c5cccc(-c6cc(-c7ccccc7)nc(-c7ccccc7)n6)c5)c4)ccc3S2)c2ccccc2-c2ccccc21. The topological polar surface area (TPSA) is 49.6 Å². The summed E-state index contributed by atoms with van der Waals surface area (Å²) in [6, 6.07) is 73.3. The first-order chi connectivity index (χ1) is 28.7. The van der Waals surface area contributed by atoms with Crippen LogP contribution >= 0.6 is 11.8 Å². The Bertz CT molecular complexity index is 3010. The van der Waals surface area contributed by atoms with Crippen molar-refractivity contribution in [3.05, 3.63) is 228 Å². The predicted octanol–water partition coefficient (Wildman–Crippen LogP) is 13.5. The summed E-state index contributed by atoms with van der Waals surface area (Å²) in [4.78, 5) is 12.5. The quantitative estimate of drug-likeness (QED) is 0.175. The van der Waals surface area contributed by atoms with Crippen molar-refractivity contribution >= 4 is 11.8 Å². The van der Waals surface area contributed by atoms with E-state index in [0.29, 0.717) is 11.4 Å². The van der Waals surface area contributed by atoms with Gasteiger partial charge in [0, 0.05) is 26.5 Å². The van der Waals surface area contributed by atoms with Gasteiger partial charge >= 0.3 is 0 Å². The number of benzene rings is 8. The molecule has 0 N–H and O–H groups in total. The molecule has 2 aliphatic rings. The van der Waals surface area contributed by atoms with E-state index in [-0.39, 0.29) is 0 Å². The van der Waals surface area contributed by atoms with Crippen molar-refractivity contribution in [3.8, 4) is 73.4 Å². The average molecular weight is 756 g/mol. The number of hydrogen-bond donors (Lipinski definition) is 0. The Morgan fingerprint density at radius 3 is 1.50 bits per heavy atom. The van der Waals surface area contributed by atoms with Gasteiger partial charge in [-0.15, -0.1) is 0 Å². The maximum Gasteiger partial charge on any atom is 0.160 e. The first-order valence-electron chi connectivity index (χ1n) is 19.4. The molecule has 9 aromatic rings. The summed E-state index contributed by atoms with van der Waals surface area (Å²) < 4.78 is 0. The van der Waals surface area contributed by atoms with Crippen LogP contribution in [0, 0.1) is 11.3 Å². The lowest BCUT2D eigenvalue weighted by atomic mass is 9.66. The van der Waals surface area contributed by atoms with Gasteiger partial charge in [-0.3, -0.25) is 0 Å². The van der Waals surface area contributed by atoms with Gasteiger partial charge in [-0.1, -0.05) is 163 Å². The Balaban J connectivity index is 1.03. The first kappa shape index (κ1) is 34.0. The van der Waals surface area contributed by atoms with E-state index in [1.807, 2.05) is 42.5 Å². The number of rotatable bonds is 5. The van der Waals surface area contributed by atoms with E-state index in [9.17, 15) is 5.26 Å². The molecule has 8 aromatic carbocycles. The zero-order chi connectivity index (χ0) is 38.6. The summed E-state index contributed by atoms with van der Waals surface area (Å²) in [6.45, 7) is 0. The Morgan fingerprint density at radius 1 is 0.379 bits per heavy atom. The molecule has 0 unspecified atom stereocenters. The molecular formula is C54H33N3S. The Kier molecular flexibility index (Phi) is 8.03. The molecule has 2 heterocycles. The van der Waals surface area contributed by atoms with Crippen LogP contribution in [0.15, 0.2) is 210 Å². The standard InChI is InChI=1S/C54H33N3S/c55-34-35-25-27-51-47(29-35)54(45-23-9-7-21-43(45)44-22-8-10-24-46(44)54)48-32-41(26-28-52(48)58-51)39-18-11-17-38(30-39)40-19-12-20-42(31-40)50-33-49(36-13-3-1-4-14-36)56-53(57-50)37-15-5-2-6-16-37/h1-33H. The molecule has 0 amide bonds. The van der Waals surface area contributed by atoms with E-state index in [2.05, 4.69) is 164 Å². The molecule has 0 saturated carbocycles. The van der Waals surface area contributed by atoms with Gasteiger partial charge in [0.25, 0.3) is 0 Å². The van der Waals surface area contributed by atoms with Crippen LogP contribution in [0.1, 0.15) is 27.8 Å². The maximum absolute atomic E-state index is 10.1.